The topological polar surface area (TPSA) is 93.4 Å². The van der Waals surface area contributed by atoms with Gasteiger partial charge in [-0.25, -0.2) is 5.01 Å². The molecule has 0 spiro atoms. The number of carbonyl (C=O) groups excluding carboxylic acids is 2. The van der Waals surface area contributed by atoms with Crippen molar-refractivity contribution in [2.24, 2.45) is 5.10 Å². The van der Waals surface area contributed by atoms with E-state index in [1.165, 1.54) is 5.01 Å². The van der Waals surface area contributed by atoms with Gasteiger partial charge in [0.15, 0.2) is 6.61 Å². The SMILES string of the molecule is COc1ccc(C2=NN(C(=O)COc3ccccc3C(=O)Nc3ccccc3)C(c3ccco3)C2)cc1. The van der Waals surface area contributed by atoms with E-state index in [9.17, 15) is 9.59 Å². The molecule has 1 aromatic heterocycles. The van der Waals surface area contributed by atoms with Gasteiger partial charge in [-0.05, 0) is 66.2 Å². The molecule has 5 rings (SSSR count). The van der Waals surface area contributed by atoms with Crippen molar-refractivity contribution in [3.8, 4) is 11.5 Å². The Kier molecular flexibility index (Phi) is 6.98. The molecule has 8 heteroatoms. The standard InChI is InChI=1S/C29H25N3O5/c1-35-22-15-13-20(14-16-22)24-18-25(27-12-7-17-36-27)32(31-24)28(33)19-37-26-11-6-5-10-23(26)29(34)30-21-8-3-2-4-9-21/h2-17,25H,18-19H2,1H3,(H,30,34). The highest BCUT2D eigenvalue weighted by atomic mass is 16.5. The molecule has 1 aliphatic heterocycles. The van der Waals surface area contributed by atoms with Crippen molar-refractivity contribution in [3.63, 3.8) is 0 Å². The molecular weight excluding hydrogens is 470 g/mol. The van der Waals surface area contributed by atoms with E-state index in [0.717, 1.165) is 17.0 Å². The zero-order valence-electron chi connectivity index (χ0n) is 20.2. The number of nitrogens with one attached hydrogen (secondary N) is 1. The van der Waals surface area contributed by atoms with Crippen LogP contribution < -0.4 is 14.8 Å². The summed E-state index contributed by atoms with van der Waals surface area (Å²) in [5.74, 6) is 0.980. The number of carbonyl (C=O) groups is 2. The van der Waals surface area contributed by atoms with E-state index < -0.39 is 6.04 Å². The van der Waals surface area contributed by atoms with E-state index in [2.05, 4.69) is 10.4 Å². The van der Waals surface area contributed by atoms with E-state index in [1.807, 2.05) is 48.5 Å². The molecule has 186 valence electrons. The maximum Gasteiger partial charge on any atom is 0.281 e. The quantitative estimate of drug-likeness (QED) is 0.358. The number of amides is 2. The molecule has 0 radical (unpaired) electrons. The lowest BCUT2D eigenvalue weighted by atomic mass is 10.0. The Morgan fingerprint density at radius 2 is 1.73 bits per heavy atom. The molecule has 37 heavy (non-hydrogen) atoms. The summed E-state index contributed by atoms with van der Waals surface area (Å²) < 4.78 is 16.7. The number of anilines is 1. The number of para-hydroxylation sites is 2. The van der Waals surface area contributed by atoms with Crippen molar-refractivity contribution in [1.82, 2.24) is 5.01 Å². The molecule has 0 bridgehead atoms. The number of furan rings is 1. The lowest BCUT2D eigenvalue weighted by molar-refractivity contribution is -0.135. The van der Waals surface area contributed by atoms with Crippen LogP contribution in [0.1, 0.15) is 34.1 Å². The number of hydrazone groups is 1. The molecule has 1 unspecified atom stereocenters. The average Bonchev–Trinajstić information content (AvgIpc) is 3.63. The highest BCUT2D eigenvalue weighted by Crippen LogP contribution is 2.33. The predicted molar refractivity (Wildman–Crippen MR) is 139 cm³/mol. The number of hydrogen-bond donors (Lipinski definition) is 1. The molecular formula is C29H25N3O5. The summed E-state index contributed by atoms with van der Waals surface area (Å²) in [5.41, 5.74) is 2.62. The minimum Gasteiger partial charge on any atom is -0.497 e. The number of hydrogen-bond acceptors (Lipinski definition) is 6. The maximum atomic E-state index is 13.3. The van der Waals surface area contributed by atoms with Crippen LogP contribution in [0.3, 0.4) is 0 Å². The molecule has 0 fully saturated rings. The fourth-order valence-electron chi connectivity index (χ4n) is 4.11. The van der Waals surface area contributed by atoms with Crippen LogP contribution in [0.15, 0.2) is 107 Å². The van der Waals surface area contributed by atoms with Gasteiger partial charge in [-0.1, -0.05) is 30.3 Å². The Bertz CT molecular complexity index is 1400. The Morgan fingerprint density at radius 1 is 0.973 bits per heavy atom. The second kappa shape index (κ2) is 10.8. The van der Waals surface area contributed by atoms with E-state index in [0.29, 0.717) is 29.2 Å². The van der Waals surface area contributed by atoms with Crippen molar-refractivity contribution in [2.45, 2.75) is 12.5 Å². The summed E-state index contributed by atoms with van der Waals surface area (Å²) in [6.45, 7) is -0.299. The zero-order chi connectivity index (χ0) is 25.6. The highest BCUT2D eigenvalue weighted by Gasteiger charge is 2.35. The van der Waals surface area contributed by atoms with Crippen LogP contribution in [0.25, 0.3) is 0 Å². The third-order valence-corrected chi connectivity index (χ3v) is 5.98. The first kappa shape index (κ1) is 23.9. The molecule has 1 N–H and O–H groups in total. The first-order chi connectivity index (χ1) is 18.1. The van der Waals surface area contributed by atoms with E-state index in [-0.39, 0.29) is 18.4 Å². The molecule has 1 atom stereocenters. The fraction of sp³-hybridized carbons (Fsp3) is 0.138. The van der Waals surface area contributed by atoms with Crippen LogP contribution in [0.5, 0.6) is 11.5 Å². The van der Waals surface area contributed by atoms with E-state index >= 15 is 0 Å². The summed E-state index contributed by atoms with van der Waals surface area (Å²) >= 11 is 0. The second-order valence-electron chi connectivity index (χ2n) is 8.35. The predicted octanol–water partition coefficient (Wildman–Crippen LogP) is 5.30. The Morgan fingerprint density at radius 3 is 2.46 bits per heavy atom. The van der Waals surface area contributed by atoms with Crippen molar-refractivity contribution in [3.05, 3.63) is 114 Å². The number of benzene rings is 3. The van der Waals surface area contributed by atoms with Gasteiger partial charge in [-0.3, -0.25) is 9.59 Å². The van der Waals surface area contributed by atoms with Gasteiger partial charge in [0.2, 0.25) is 0 Å². The van der Waals surface area contributed by atoms with Crippen LogP contribution in [0.2, 0.25) is 0 Å². The van der Waals surface area contributed by atoms with Crippen molar-refractivity contribution in [2.75, 3.05) is 19.0 Å². The third kappa shape index (κ3) is 5.38. The van der Waals surface area contributed by atoms with E-state index in [4.69, 9.17) is 13.9 Å². The summed E-state index contributed by atoms with van der Waals surface area (Å²) in [6, 6.07) is 26.7. The Hall–Kier alpha value is -4.85. The fourth-order valence-corrected chi connectivity index (χ4v) is 4.11. The summed E-state index contributed by atoms with van der Waals surface area (Å²) in [7, 11) is 1.61. The van der Waals surface area contributed by atoms with Crippen LogP contribution >= 0.6 is 0 Å². The van der Waals surface area contributed by atoms with Crippen molar-refractivity contribution in [1.29, 1.82) is 0 Å². The molecule has 4 aromatic rings. The minimum atomic E-state index is -0.403. The Balaban J connectivity index is 1.33. The third-order valence-electron chi connectivity index (χ3n) is 5.98. The lowest BCUT2D eigenvalue weighted by Crippen LogP contribution is -2.31. The average molecular weight is 496 g/mol. The first-order valence-electron chi connectivity index (χ1n) is 11.8. The molecule has 8 nitrogen and oxygen atoms in total. The van der Waals surface area contributed by atoms with Gasteiger partial charge >= 0.3 is 0 Å². The number of methoxy groups -OCH3 is 1. The molecule has 2 amide bonds. The normalized spacial score (nSPS) is 14.7. The van der Waals surface area contributed by atoms with Crippen LogP contribution in [-0.2, 0) is 4.79 Å². The summed E-state index contributed by atoms with van der Waals surface area (Å²) in [4.78, 5) is 26.2. The van der Waals surface area contributed by atoms with Crippen LogP contribution in [0.4, 0.5) is 5.69 Å². The van der Waals surface area contributed by atoms with Gasteiger partial charge in [0.1, 0.15) is 23.3 Å². The molecule has 3 aromatic carbocycles. The van der Waals surface area contributed by atoms with Gasteiger partial charge in [0, 0.05) is 12.1 Å². The number of nitrogens with zero attached hydrogens (tertiary/aromatic N) is 2. The largest absolute Gasteiger partial charge is 0.497 e. The lowest BCUT2D eigenvalue weighted by Gasteiger charge is -2.20. The molecule has 0 saturated carbocycles. The number of ether oxygens (including phenoxy) is 2. The number of rotatable bonds is 8. The van der Waals surface area contributed by atoms with Crippen LogP contribution in [-0.4, -0.2) is 36.3 Å². The minimum absolute atomic E-state index is 0.299. The first-order valence-corrected chi connectivity index (χ1v) is 11.8. The van der Waals surface area contributed by atoms with E-state index in [1.54, 1.807) is 55.8 Å². The summed E-state index contributed by atoms with van der Waals surface area (Å²) in [6.07, 6.45) is 2.06. The molecule has 1 aliphatic rings. The molecule has 0 aliphatic carbocycles. The molecule has 0 saturated heterocycles. The van der Waals surface area contributed by atoms with Gasteiger partial charge in [0.25, 0.3) is 11.8 Å². The Labute approximate surface area is 214 Å². The highest BCUT2D eigenvalue weighted by molar-refractivity contribution is 6.06. The van der Waals surface area contributed by atoms with Gasteiger partial charge in [0.05, 0.1) is 24.6 Å². The maximum absolute atomic E-state index is 13.3. The van der Waals surface area contributed by atoms with Gasteiger partial charge in [-0.2, -0.15) is 5.10 Å². The smallest absolute Gasteiger partial charge is 0.281 e. The van der Waals surface area contributed by atoms with Crippen molar-refractivity contribution < 1.29 is 23.5 Å². The van der Waals surface area contributed by atoms with Gasteiger partial charge in [-0.15, -0.1) is 0 Å². The summed E-state index contributed by atoms with van der Waals surface area (Å²) in [5, 5.41) is 8.85. The monoisotopic (exact) mass is 495 g/mol. The molecule has 2 heterocycles. The van der Waals surface area contributed by atoms with Gasteiger partial charge < -0.3 is 19.2 Å². The second-order valence-corrected chi connectivity index (χ2v) is 8.35. The van der Waals surface area contributed by atoms with Crippen molar-refractivity contribution >= 4 is 23.2 Å². The van der Waals surface area contributed by atoms with Crippen LogP contribution in [0, 0.1) is 0 Å². The zero-order valence-corrected chi connectivity index (χ0v) is 20.2.